The van der Waals surface area contributed by atoms with Crippen LogP contribution in [0.15, 0.2) is 0 Å². The highest BCUT2D eigenvalue weighted by Crippen LogP contribution is 1.80. The summed E-state index contributed by atoms with van der Waals surface area (Å²) in [6.45, 7) is 0. The van der Waals surface area contributed by atoms with Gasteiger partial charge in [0.1, 0.15) is 0 Å². The van der Waals surface area contributed by atoms with Crippen molar-refractivity contribution in [3.05, 3.63) is 0 Å². The van der Waals surface area contributed by atoms with Gasteiger partial charge in [-0.3, -0.25) is 14.9 Å². The number of carbonyl (C=O) groups is 2. The van der Waals surface area contributed by atoms with Gasteiger partial charge in [-0.25, -0.2) is 0 Å². The fourth-order valence-electron chi connectivity index (χ4n) is 0.248. The molecule has 0 aromatic rings. The lowest BCUT2D eigenvalue weighted by molar-refractivity contribution is -0.125. The van der Waals surface area contributed by atoms with E-state index in [2.05, 4.69) is 12.6 Å². The van der Waals surface area contributed by atoms with Crippen LogP contribution in [0.4, 0.5) is 0 Å². The summed E-state index contributed by atoms with van der Waals surface area (Å²) in [6.07, 6.45) is 0.297. The van der Waals surface area contributed by atoms with Gasteiger partial charge in [0.2, 0.25) is 12.3 Å². The van der Waals surface area contributed by atoms with Gasteiger partial charge in [0.15, 0.2) is 0 Å². The van der Waals surface area contributed by atoms with Crippen molar-refractivity contribution in [1.82, 2.24) is 5.32 Å². The van der Waals surface area contributed by atoms with Gasteiger partial charge in [-0.1, -0.05) is 0 Å². The second-order valence-electron chi connectivity index (χ2n) is 1.42. The third-order valence-electron chi connectivity index (χ3n) is 0.735. The lowest BCUT2D eigenvalue weighted by atomic mass is 10.3. The van der Waals surface area contributed by atoms with E-state index in [4.69, 9.17) is 5.73 Å². The molecule has 1 atom stereocenters. The van der Waals surface area contributed by atoms with Crippen LogP contribution in [0.25, 0.3) is 0 Å². The lowest BCUT2D eigenvalue weighted by Gasteiger charge is -2.02. The minimum atomic E-state index is -0.696. The fourth-order valence-corrected chi connectivity index (χ4v) is 0.414. The Balaban J connectivity index is 3.58. The number of hydrogen-bond donors (Lipinski definition) is 3. The summed E-state index contributed by atoms with van der Waals surface area (Å²) in [5, 5.41) is 1.90. The van der Waals surface area contributed by atoms with Gasteiger partial charge < -0.3 is 5.73 Å². The van der Waals surface area contributed by atoms with Crippen molar-refractivity contribution in [2.75, 3.05) is 5.75 Å². The number of thiol groups is 1. The number of carbonyl (C=O) groups excluding carboxylic acids is 2. The molecule has 0 aliphatic carbocycles. The van der Waals surface area contributed by atoms with Gasteiger partial charge >= 0.3 is 0 Å². The molecule has 0 radical (unpaired) electrons. The highest BCUT2D eigenvalue weighted by Gasteiger charge is 2.08. The van der Waals surface area contributed by atoms with E-state index < -0.39 is 11.9 Å². The summed E-state index contributed by atoms with van der Waals surface area (Å²) in [7, 11) is 0. The second-order valence-corrected chi connectivity index (χ2v) is 1.78. The molecule has 52 valence electrons. The molecular weight excluding hydrogens is 140 g/mol. The first-order chi connectivity index (χ1) is 4.22. The maximum absolute atomic E-state index is 10.5. The molecule has 3 N–H and O–H groups in total. The van der Waals surface area contributed by atoms with Crippen LogP contribution in [0.1, 0.15) is 0 Å². The van der Waals surface area contributed by atoms with Crippen LogP contribution in [0.3, 0.4) is 0 Å². The summed E-state index contributed by atoms with van der Waals surface area (Å²) in [5.41, 5.74) is 5.16. The number of rotatable bonds is 3. The Hall–Kier alpha value is -0.550. The molecule has 0 fully saturated rings. The molecule has 4 nitrogen and oxygen atoms in total. The van der Waals surface area contributed by atoms with Gasteiger partial charge in [-0.2, -0.15) is 12.6 Å². The van der Waals surface area contributed by atoms with Crippen LogP contribution < -0.4 is 11.1 Å². The molecule has 0 aliphatic heterocycles. The maximum Gasteiger partial charge on any atom is 0.244 e. The number of nitrogens with two attached hydrogens (primary N) is 1. The Kier molecular flexibility index (Phi) is 4.08. The van der Waals surface area contributed by atoms with Crippen LogP contribution in [-0.2, 0) is 9.59 Å². The first kappa shape index (κ1) is 8.45. The van der Waals surface area contributed by atoms with Crippen molar-refractivity contribution in [3.63, 3.8) is 0 Å². The van der Waals surface area contributed by atoms with Gasteiger partial charge in [-0.05, 0) is 0 Å². The molecule has 0 aromatic carbocycles. The minimum Gasteiger partial charge on any atom is -0.319 e. The van der Waals surface area contributed by atoms with Crippen LogP contribution in [0, 0.1) is 0 Å². The Morgan fingerprint density at radius 1 is 1.89 bits per heavy atom. The zero-order chi connectivity index (χ0) is 7.28. The maximum atomic E-state index is 10.5. The van der Waals surface area contributed by atoms with Crippen LogP contribution in [-0.4, -0.2) is 24.1 Å². The summed E-state index contributed by atoms with van der Waals surface area (Å²) in [6, 6.07) is -0.696. The van der Waals surface area contributed by atoms with Crippen molar-refractivity contribution in [2.24, 2.45) is 5.73 Å². The number of imide groups is 1. The highest BCUT2D eigenvalue weighted by molar-refractivity contribution is 7.80. The molecule has 0 rings (SSSR count). The van der Waals surface area contributed by atoms with E-state index in [9.17, 15) is 9.59 Å². The van der Waals surface area contributed by atoms with E-state index in [0.29, 0.717) is 6.41 Å². The van der Waals surface area contributed by atoms with Crippen LogP contribution >= 0.6 is 12.6 Å². The largest absolute Gasteiger partial charge is 0.319 e. The van der Waals surface area contributed by atoms with Gasteiger partial charge in [0.05, 0.1) is 6.04 Å². The summed E-state index contributed by atoms with van der Waals surface area (Å²) in [5.74, 6) is -0.264. The minimum absolute atomic E-state index is 0.236. The highest BCUT2D eigenvalue weighted by atomic mass is 32.1. The second kappa shape index (κ2) is 4.34. The molecular formula is C4H8N2O2S. The fraction of sp³-hybridized carbons (Fsp3) is 0.500. The average Bonchev–Trinajstić information content (AvgIpc) is 1.87. The summed E-state index contributed by atoms with van der Waals surface area (Å²) < 4.78 is 0. The Bertz CT molecular complexity index is 117. The zero-order valence-electron chi connectivity index (χ0n) is 4.70. The molecule has 2 amide bonds. The normalized spacial score (nSPS) is 12.2. The monoisotopic (exact) mass is 148 g/mol. The Morgan fingerprint density at radius 2 is 2.44 bits per heavy atom. The lowest BCUT2D eigenvalue weighted by Crippen LogP contribution is -2.41. The average molecular weight is 148 g/mol. The van der Waals surface area contributed by atoms with Gasteiger partial charge in [-0.15, -0.1) is 0 Å². The molecule has 0 saturated heterocycles. The summed E-state index contributed by atoms with van der Waals surface area (Å²) in [4.78, 5) is 20.1. The molecule has 0 bridgehead atoms. The number of nitrogens with one attached hydrogen (secondary N) is 1. The quantitative estimate of drug-likeness (QED) is 0.337. The molecule has 5 heteroatoms. The van der Waals surface area contributed by atoms with Crippen molar-refractivity contribution < 1.29 is 9.59 Å². The van der Waals surface area contributed by atoms with E-state index in [1.807, 2.05) is 5.32 Å². The zero-order valence-corrected chi connectivity index (χ0v) is 5.60. The first-order valence-corrected chi connectivity index (χ1v) is 2.96. The third kappa shape index (κ3) is 3.10. The molecule has 0 heterocycles. The smallest absolute Gasteiger partial charge is 0.244 e. The molecule has 0 unspecified atom stereocenters. The Labute approximate surface area is 58.2 Å². The molecule has 0 aliphatic rings. The van der Waals surface area contributed by atoms with Crippen molar-refractivity contribution >= 4 is 24.9 Å². The third-order valence-corrected chi connectivity index (χ3v) is 1.13. The standard InChI is InChI=1S/C4H8N2O2S/c5-3(1-9)4(8)6-2-7/h2-3,9H,1,5H2,(H,6,7,8)/t3-/m0/s1. The first-order valence-electron chi connectivity index (χ1n) is 2.32. The predicted molar refractivity (Wildman–Crippen MR) is 36.0 cm³/mol. The van der Waals surface area contributed by atoms with E-state index >= 15 is 0 Å². The van der Waals surface area contributed by atoms with Crippen molar-refractivity contribution in [2.45, 2.75) is 6.04 Å². The topological polar surface area (TPSA) is 72.2 Å². The van der Waals surface area contributed by atoms with E-state index in [1.54, 1.807) is 0 Å². The molecule has 0 saturated carbocycles. The molecule has 0 aromatic heterocycles. The van der Waals surface area contributed by atoms with Crippen LogP contribution in [0.2, 0.25) is 0 Å². The van der Waals surface area contributed by atoms with Crippen molar-refractivity contribution in [3.8, 4) is 0 Å². The number of amides is 2. The van der Waals surface area contributed by atoms with Gasteiger partial charge in [0.25, 0.3) is 0 Å². The van der Waals surface area contributed by atoms with Gasteiger partial charge in [0, 0.05) is 5.75 Å². The van der Waals surface area contributed by atoms with Crippen LogP contribution in [0.5, 0.6) is 0 Å². The van der Waals surface area contributed by atoms with E-state index in [1.165, 1.54) is 0 Å². The summed E-state index contributed by atoms with van der Waals surface area (Å²) >= 11 is 3.75. The van der Waals surface area contributed by atoms with E-state index in [0.717, 1.165) is 0 Å². The molecule has 0 spiro atoms. The Morgan fingerprint density at radius 3 is 2.78 bits per heavy atom. The SMILES string of the molecule is N[C@@H](CS)C(=O)NC=O. The van der Waals surface area contributed by atoms with E-state index in [-0.39, 0.29) is 5.75 Å². The van der Waals surface area contributed by atoms with Crippen molar-refractivity contribution in [1.29, 1.82) is 0 Å². The predicted octanol–water partition coefficient (Wildman–Crippen LogP) is -1.48. The molecule has 9 heavy (non-hydrogen) atoms. The number of hydrogen-bond acceptors (Lipinski definition) is 4.